The van der Waals surface area contributed by atoms with Crippen LogP contribution in [-0.4, -0.2) is 63.6 Å². The molecule has 1 aromatic heterocycles. The molecule has 1 atom stereocenters. The van der Waals surface area contributed by atoms with Crippen LogP contribution in [0.3, 0.4) is 0 Å². The average Bonchev–Trinajstić information content (AvgIpc) is 3.18. The maximum absolute atomic E-state index is 11.6. The van der Waals surface area contributed by atoms with Crippen LogP contribution in [0.4, 0.5) is 5.82 Å². The maximum Gasteiger partial charge on any atom is 0.191 e. The van der Waals surface area contributed by atoms with E-state index in [1.54, 1.807) is 6.20 Å². The van der Waals surface area contributed by atoms with E-state index < -0.39 is 9.84 Å². The molecule has 1 saturated carbocycles. The predicted molar refractivity (Wildman–Crippen MR) is 126 cm³/mol. The van der Waals surface area contributed by atoms with Gasteiger partial charge in [-0.05, 0) is 38.3 Å². The highest BCUT2D eigenvalue weighted by atomic mass is 127. The minimum Gasteiger partial charge on any atom is -0.357 e. The number of rotatable bonds is 7. The van der Waals surface area contributed by atoms with E-state index in [4.69, 9.17) is 11.6 Å². The molecule has 1 aromatic rings. The van der Waals surface area contributed by atoms with Gasteiger partial charge in [0.15, 0.2) is 5.96 Å². The van der Waals surface area contributed by atoms with Crippen LogP contribution in [0.2, 0.25) is 5.02 Å². The molecule has 0 radical (unpaired) electrons. The van der Waals surface area contributed by atoms with Gasteiger partial charge in [0.25, 0.3) is 0 Å². The molecular weight excluding hydrogens is 513 g/mol. The molecule has 0 amide bonds. The fourth-order valence-electron chi connectivity index (χ4n) is 3.52. The van der Waals surface area contributed by atoms with E-state index in [1.165, 1.54) is 6.26 Å². The van der Waals surface area contributed by atoms with Crippen molar-refractivity contribution in [2.24, 2.45) is 10.4 Å². The van der Waals surface area contributed by atoms with Gasteiger partial charge in [-0.2, -0.15) is 0 Å². The zero-order valence-corrected chi connectivity index (χ0v) is 20.2. The molecule has 1 saturated heterocycles. The summed E-state index contributed by atoms with van der Waals surface area (Å²) in [6.45, 7) is 5.00. The Morgan fingerprint density at radius 1 is 1.46 bits per heavy atom. The van der Waals surface area contributed by atoms with Crippen LogP contribution in [0.25, 0.3) is 0 Å². The fraction of sp³-hybridized carbons (Fsp3) is 0.667. The summed E-state index contributed by atoms with van der Waals surface area (Å²) in [5.74, 6) is 1.78. The highest BCUT2D eigenvalue weighted by molar-refractivity contribution is 14.0. The Kier molecular flexibility index (Phi) is 8.21. The van der Waals surface area contributed by atoms with Crippen molar-refractivity contribution in [2.75, 3.05) is 43.1 Å². The second-order valence-corrected chi connectivity index (χ2v) is 10.2. The third-order valence-corrected chi connectivity index (χ3v) is 6.44. The van der Waals surface area contributed by atoms with E-state index in [0.29, 0.717) is 11.6 Å². The second-order valence-electron chi connectivity index (χ2n) is 7.65. The Morgan fingerprint density at radius 2 is 2.21 bits per heavy atom. The molecule has 1 unspecified atom stereocenters. The molecule has 1 aliphatic carbocycles. The summed E-state index contributed by atoms with van der Waals surface area (Å²) in [6, 6.07) is 3.93. The third-order valence-electron chi connectivity index (χ3n) is 5.01. The van der Waals surface area contributed by atoms with Crippen molar-refractivity contribution >= 4 is 57.2 Å². The van der Waals surface area contributed by atoms with Crippen molar-refractivity contribution in [2.45, 2.75) is 32.2 Å². The van der Waals surface area contributed by atoms with Crippen LogP contribution in [0.5, 0.6) is 0 Å². The maximum atomic E-state index is 11.6. The van der Waals surface area contributed by atoms with Gasteiger partial charge in [0.05, 0.1) is 10.8 Å². The van der Waals surface area contributed by atoms with Crippen molar-refractivity contribution in [1.29, 1.82) is 0 Å². The first-order chi connectivity index (χ1) is 12.8. The predicted octanol–water partition coefficient (Wildman–Crippen LogP) is 2.31. The topological polar surface area (TPSA) is 86.7 Å². The lowest BCUT2D eigenvalue weighted by Crippen LogP contribution is -2.45. The Bertz CT molecular complexity index is 801. The van der Waals surface area contributed by atoms with Gasteiger partial charge in [0.1, 0.15) is 15.7 Å². The van der Waals surface area contributed by atoms with Crippen molar-refractivity contribution in [3.05, 3.63) is 23.4 Å². The van der Waals surface area contributed by atoms with E-state index in [1.807, 2.05) is 19.1 Å². The molecule has 2 fully saturated rings. The largest absolute Gasteiger partial charge is 0.357 e. The number of hydrogen-bond donors (Lipinski definition) is 2. The summed E-state index contributed by atoms with van der Waals surface area (Å²) in [6.07, 6.45) is 5.88. The monoisotopic (exact) mass is 541 g/mol. The van der Waals surface area contributed by atoms with E-state index in [-0.39, 0.29) is 41.2 Å². The lowest BCUT2D eigenvalue weighted by atomic mass is 10.1. The van der Waals surface area contributed by atoms with E-state index >= 15 is 0 Å². The van der Waals surface area contributed by atoms with Crippen molar-refractivity contribution < 1.29 is 8.42 Å². The number of pyridine rings is 1. The van der Waals surface area contributed by atoms with Gasteiger partial charge in [0, 0.05) is 50.1 Å². The van der Waals surface area contributed by atoms with E-state index in [0.717, 1.165) is 50.7 Å². The number of halogens is 2. The standard InChI is InChI=1S/C18H28ClN5O2S.HI/c1-3-20-17(22-12-18(7-8-18)13-27(2,25)26)23-14-6-10-24(11-14)16-15(19)5-4-9-21-16;/h4-5,9,14H,3,6-8,10-13H2,1-2H3,(H2,20,22,23);1H. The van der Waals surface area contributed by atoms with Crippen LogP contribution >= 0.6 is 35.6 Å². The van der Waals surface area contributed by atoms with Crippen molar-refractivity contribution in [3.63, 3.8) is 0 Å². The Balaban J connectivity index is 0.00000280. The molecule has 28 heavy (non-hydrogen) atoms. The first-order valence-electron chi connectivity index (χ1n) is 9.38. The van der Waals surface area contributed by atoms with Crippen LogP contribution in [0.1, 0.15) is 26.2 Å². The fourth-order valence-corrected chi connectivity index (χ4v) is 5.26. The molecule has 0 aromatic carbocycles. The molecule has 3 rings (SSSR count). The Labute approximate surface area is 189 Å². The number of nitrogens with zero attached hydrogens (tertiary/aromatic N) is 3. The molecular formula is C18H29ClIN5O2S. The molecule has 10 heteroatoms. The molecule has 158 valence electrons. The number of guanidine groups is 1. The summed E-state index contributed by atoms with van der Waals surface area (Å²) in [4.78, 5) is 11.2. The van der Waals surface area contributed by atoms with E-state index in [2.05, 4.69) is 25.5 Å². The summed E-state index contributed by atoms with van der Waals surface area (Å²) in [7, 11) is -2.98. The lowest BCUT2D eigenvalue weighted by molar-refractivity contribution is 0.548. The van der Waals surface area contributed by atoms with E-state index in [9.17, 15) is 8.42 Å². The minimum atomic E-state index is -2.98. The average molecular weight is 542 g/mol. The quantitative estimate of drug-likeness (QED) is 0.313. The van der Waals surface area contributed by atoms with Crippen LogP contribution in [-0.2, 0) is 9.84 Å². The summed E-state index contributed by atoms with van der Waals surface area (Å²) >= 11 is 6.26. The SMILES string of the molecule is CCNC(=NCC1(CS(C)(=O)=O)CC1)NC1CCN(c2ncccc2Cl)C1.I. The molecule has 7 nitrogen and oxygen atoms in total. The highest BCUT2D eigenvalue weighted by Crippen LogP contribution is 2.46. The molecule has 1 aliphatic heterocycles. The number of nitrogens with one attached hydrogen (secondary N) is 2. The van der Waals surface area contributed by atoms with Gasteiger partial charge in [-0.3, -0.25) is 4.99 Å². The number of hydrogen-bond acceptors (Lipinski definition) is 5. The number of aliphatic imine (C=N–C) groups is 1. The Morgan fingerprint density at radius 3 is 2.82 bits per heavy atom. The summed E-state index contributed by atoms with van der Waals surface area (Å²) < 4.78 is 23.3. The number of anilines is 1. The van der Waals surface area contributed by atoms with Crippen LogP contribution in [0.15, 0.2) is 23.3 Å². The van der Waals surface area contributed by atoms with Gasteiger partial charge >= 0.3 is 0 Å². The normalized spacial score (nSPS) is 21.2. The van der Waals surface area contributed by atoms with Crippen LogP contribution in [0, 0.1) is 5.41 Å². The van der Waals surface area contributed by atoms with Gasteiger partial charge in [0.2, 0.25) is 0 Å². The van der Waals surface area contributed by atoms with Gasteiger partial charge in [-0.25, -0.2) is 13.4 Å². The Hall–Kier alpha value is -0.810. The van der Waals surface area contributed by atoms with Crippen molar-refractivity contribution in [1.82, 2.24) is 15.6 Å². The molecule has 2 heterocycles. The van der Waals surface area contributed by atoms with Gasteiger partial charge in [-0.1, -0.05) is 11.6 Å². The van der Waals surface area contributed by atoms with Crippen LogP contribution < -0.4 is 15.5 Å². The first-order valence-corrected chi connectivity index (χ1v) is 11.8. The second kappa shape index (κ2) is 9.80. The first kappa shape index (κ1) is 23.5. The number of aromatic nitrogens is 1. The third kappa shape index (κ3) is 6.62. The molecule has 0 bridgehead atoms. The zero-order chi connectivity index (χ0) is 19.5. The minimum absolute atomic E-state index is 0. The van der Waals surface area contributed by atoms with Gasteiger partial charge in [-0.15, -0.1) is 24.0 Å². The summed E-state index contributed by atoms with van der Waals surface area (Å²) in [5, 5.41) is 7.41. The molecule has 2 aliphatic rings. The lowest BCUT2D eigenvalue weighted by Gasteiger charge is -2.21. The number of sulfone groups is 1. The smallest absolute Gasteiger partial charge is 0.191 e. The van der Waals surface area contributed by atoms with Gasteiger partial charge < -0.3 is 15.5 Å². The zero-order valence-electron chi connectivity index (χ0n) is 16.3. The van der Waals surface area contributed by atoms with Crippen molar-refractivity contribution in [3.8, 4) is 0 Å². The highest BCUT2D eigenvalue weighted by Gasteiger charge is 2.45. The molecule has 0 spiro atoms. The molecule has 2 N–H and O–H groups in total. The summed E-state index contributed by atoms with van der Waals surface area (Å²) in [5.41, 5.74) is -0.168.